The van der Waals surface area contributed by atoms with Crippen molar-refractivity contribution in [3.63, 3.8) is 0 Å². The number of anilines is 2. The number of hydrogen-bond acceptors (Lipinski definition) is 6. The summed E-state index contributed by atoms with van der Waals surface area (Å²) < 4.78 is 10.8. The third-order valence-electron chi connectivity index (χ3n) is 7.98. The minimum absolute atomic E-state index is 0.00458. The third kappa shape index (κ3) is 4.97. The number of pyridine rings is 1. The summed E-state index contributed by atoms with van der Waals surface area (Å²) in [5.74, 6) is 1.58. The van der Waals surface area contributed by atoms with Gasteiger partial charge < -0.3 is 19.3 Å². The highest BCUT2D eigenvalue weighted by molar-refractivity contribution is 6.11. The van der Waals surface area contributed by atoms with Gasteiger partial charge >= 0.3 is 0 Å². The molecule has 2 amide bonds. The number of amides is 2. The average molecular weight is 549 g/mol. The number of ether oxygens (including phenoxy) is 2. The van der Waals surface area contributed by atoms with Crippen molar-refractivity contribution < 1.29 is 19.1 Å². The summed E-state index contributed by atoms with van der Waals surface area (Å²) in [6, 6.07) is 27.9. The summed E-state index contributed by atoms with van der Waals surface area (Å²) in [4.78, 5) is 39.1. The molecule has 0 unspecified atom stereocenters. The van der Waals surface area contributed by atoms with Crippen molar-refractivity contribution in [2.24, 2.45) is 0 Å². The molecule has 0 N–H and O–H groups in total. The van der Waals surface area contributed by atoms with Crippen molar-refractivity contribution >= 4 is 23.3 Å². The van der Waals surface area contributed by atoms with Gasteiger partial charge in [0.1, 0.15) is 17.3 Å². The number of benzene rings is 3. The first-order chi connectivity index (χ1) is 20.1. The standard InChI is InChI=1S/C33H32N4O4/c1-40-25-14-10-23(11-15-25)31-30(33(39)36-21-19-35(20-22-36)29-9-5-6-18-34-29)27-7-3-4-8-28(27)32(38)37(31)24-12-16-26(41-2)17-13-24/h3-18,30-31H,19-22H2,1-2H3/t30-,31-/m0/s1. The molecule has 8 heteroatoms. The molecule has 2 aliphatic rings. The van der Waals surface area contributed by atoms with Crippen LogP contribution in [0.15, 0.2) is 97.2 Å². The number of fused-ring (bicyclic) bond motifs is 1. The van der Waals surface area contributed by atoms with Gasteiger partial charge in [-0.25, -0.2) is 4.98 Å². The van der Waals surface area contributed by atoms with Gasteiger partial charge in [0.2, 0.25) is 5.91 Å². The predicted octanol–water partition coefficient (Wildman–Crippen LogP) is 4.93. The summed E-state index contributed by atoms with van der Waals surface area (Å²) in [6.07, 6.45) is 1.79. The molecule has 1 aromatic heterocycles. The second-order valence-corrected chi connectivity index (χ2v) is 10.2. The van der Waals surface area contributed by atoms with Gasteiger partial charge in [0.15, 0.2) is 0 Å². The zero-order chi connectivity index (χ0) is 28.3. The molecule has 0 radical (unpaired) electrons. The number of carbonyl (C=O) groups excluding carboxylic acids is 2. The van der Waals surface area contributed by atoms with Crippen molar-refractivity contribution in [1.82, 2.24) is 9.88 Å². The highest BCUT2D eigenvalue weighted by Gasteiger charge is 2.46. The maximum atomic E-state index is 14.6. The van der Waals surface area contributed by atoms with Gasteiger partial charge in [-0.2, -0.15) is 0 Å². The molecule has 0 bridgehead atoms. The molecule has 4 aromatic rings. The number of hydrogen-bond donors (Lipinski definition) is 0. The fraction of sp³-hybridized carbons (Fsp3) is 0.242. The van der Waals surface area contributed by atoms with E-state index in [1.54, 1.807) is 25.3 Å². The lowest BCUT2D eigenvalue weighted by molar-refractivity contribution is -0.133. The van der Waals surface area contributed by atoms with Gasteiger partial charge in [-0.3, -0.25) is 14.5 Å². The van der Waals surface area contributed by atoms with Crippen LogP contribution in [0.25, 0.3) is 0 Å². The number of carbonyl (C=O) groups is 2. The van der Waals surface area contributed by atoms with Crippen LogP contribution >= 0.6 is 0 Å². The van der Waals surface area contributed by atoms with Crippen molar-refractivity contribution in [2.75, 3.05) is 50.2 Å². The summed E-state index contributed by atoms with van der Waals surface area (Å²) >= 11 is 0. The highest BCUT2D eigenvalue weighted by atomic mass is 16.5. The first-order valence-electron chi connectivity index (χ1n) is 13.7. The Kier molecular flexibility index (Phi) is 7.29. The molecule has 1 fully saturated rings. The number of aromatic nitrogens is 1. The smallest absolute Gasteiger partial charge is 0.259 e. The molecule has 8 nitrogen and oxygen atoms in total. The van der Waals surface area contributed by atoms with Gasteiger partial charge in [-0.1, -0.05) is 36.4 Å². The summed E-state index contributed by atoms with van der Waals surface area (Å²) in [6.45, 7) is 2.51. The molecule has 6 rings (SSSR count). The van der Waals surface area contributed by atoms with Crippen LogP contribution in [0.5, 0.6) is 11.5 Å². The van der Waals surface area contributed by atoms with Gasteiger partial charge in [-0.15, -0.1) is 0 Å². The van der Waals surface area contributed by atoms with E-state index in [9.17, 15) is 9.59 Å². The largest absolute Gasteiger partial charge is 0.497 e. The van der Waals surface area contributed by atoms with E-state index in [0.717, 1.165) is 16.9 Å². The Hall–Kier alpha value is -4.85. The summed E-state index contributed by atoms with van der Waals surface area (Å²) in [5, 5.41) is 0. The van der Waals surface area contributed by atoms with E-state index in [1.165, 1.54) is 0 Å². The average Bonchev–Trinajstić information content (AvgIpc) is 3.05. The van der Waals surface area contributed by atoms with Crippen LogP contribution in [0.4, 0.5) is 11.5 Å². The number of nitrogens with zero attached hydrogens (tertiary/aromatic N) is 4. The van der Waals surface area contributed by atoms with Gasteiger partial charge in [0.25, 0.3) is 5.91 Å². The Morgan fingerprint density at radius 2 is 1.41 bits per heavy atom. The van der Waals surface area contributed by atoms with Gasteiger partial charge in [0.05, 0.1) is 26.2 Å². The van der Waals surface area contributed by atoms with Crippen LogP contribution in [-0.2, 0) is 4.79 Å². The van der Waals surface area contributed by atoms with E-state index in [-0.39, 0.29) is 11.8 Å². The maximum absolute atomic E-state index is 14.6. The van der Waals surface area contributed by atoms with E-state index in [2.05, 4.69) is 9.88 Å². The van der Waals surface area contributed by atoms with Gasteiger partial charge in [-0.05, 0) is 65.7 Å². The molecule has 3 heterocycles. The molecule has 1 saturated heterocycles. The highest BCUT2D eigenvalue weighted by Crippen LogP contribution is 2.46. The SMILES string of the molecule is COc1ccc([C@H]2[C@@H](C(=O)N3CCN(c4ccccn4)CC3)c3ccccc3C(=O)N2c2ccc(OC)cc2)cc1. The lowest BCUT2D eigenvalue weighted by atomic mass is 9.78. The maximum Gasteiger partial charge on any atom is 0.259 e. The topological polar surface area (TPSA) is 75.2 Å². The van der Waals surface area contributed by atoms with E-state index < -0.39 is 12.0 Å². The second kappa shape index (κ2) is 11.3. The van der Waals surface area contributed by atoms with Crippen molar-refractivity contribution in [2.45, 2.75) is 12.0 Å². The monoisotopic (exact) mass is 548 g/mol. The van der Waals surface area contributed by atoms with Gasteiger partial charge in [0, 0.05) is 43.6 Å². The molecular formula is C33H32N4O4. The zero-order valence-electron chi connectivity index (χ0n) is 23.1. The van der Waals surface area contributed by atoms with Crippen LogP contribution < -0.4 is 19.3 Å². The molecule has 41 heavy (non-hydrogen) atoms. The Morgan fingerprint density at radius 3 is 2.05 bits per heavy atom. The quantitative estimate of drug-likeness (QED) is 0.340. The van der Waals surface area contributed by atoms with E-state index >= 15 is 0 Å². The molecular weight excluding hydrogens is 516 g/mol. The van der Waals surface area contributed by atoms with E-state index in [1.807, 2.05) is 95.9 Å². The Balaban J connectivity index is 1.41. The number of piperazine rings is 1. The minimum atomic E-state index is -0.596. The van der Waals surface area contributed by atoms with Crippen LogP contribution in [0, 0.1) is 0 Å². The lowest BCUT2D eigenvalue weighted by Gasteiger charge is -2.44. The number of methoxy groups -OCH3 is 2. The second-order valence-electron chi connectivity index (χ2n) is 10.2. The van der Waals surface area contributed by atoms with E-state index in [0.29, 0.717) is 48.9 Å². The molecule has 208 valence electrons. The zero-order valence-corrected chi connectivity index (χ0v) is 23.1. The molecule has 3 aromatic carbocycles. The van der Waals surface area contributed by atoms with Crippen molar-refractivity contribution in [3.05, 3.63) is 114 Å². The molecule has 0 aliphatic carbocycles. The van der Waals surface area contributed by atoms with Crippen LogP contribution in [-0.4, -0.2) is 62.1 Å². The van der Waals surface area contributed by atoms with Crippen molar-refractivity contribution in [3.8, 4) is 11.5 Å². The first-order valence-corrected chi connectivity index (χ1v) is 13.7. The van der Waals surface area contributed by atoms with Crippen LogP contribution in [0.2, 0.25) is 0 Å². The summed E-state index contributed by atoms with van der Waals surface area (Å²) in [5.41, 5.74) is 2.85. The molecule has 0 saturated carbocycles. The Labute approximate surface area is 239 Å². The van der Waals surface area contributed by atoms with Crippen molar-refractivity contribution in [1.29, 1.82) is 0 Å². The third-order valence-corrected chi connectivity index (χ3v) is 7.98. The minimum Gasteiger partial charge on any atom is -0.497 e. The summed E-state index contributed by atoms with van der Waals surface area (Å²) in [7, 11) is 3.23. The molecule has 2 atom stereocenters. The molecule has 2 aliphatic heterocycles. The Morgan fingerprint density at radius 1 is 0.780 bits per heavy atom. The molecule has 0 spiro atoms. The first kappa shape index (κ1) is 26.4. The van der Waals surface area contributed by atoms with Crippen LogP contribution in [0.1, 0.15) is 33.4 Å². The van der Waals surface area contributed by atoms with Crippen LogP contribution in [0.3, 0.4) is 0 Å². The number of rotatable bonds is 6. The predicted molar refractivity (Wildman–Crippen MR) is 158 cm³/mol. The lowest BCUT2D eigenvalue weighted by Crippen LogP contribution is -2.53. The Bertz CT molecular complexity index is 1520. The fourth-order valence-corrected chi connectivity index (χ4v) is 5.86. The normalized spacial score (nSPS) is 18.6. The van der Waals surface area contributed by atoms with E-state index in [4.69, 9.17) is 9.47 Å². The fourth-order valence-electron chi connectivity index (χ4n) is 5.86.